The third kappa shape index (κ3) is 1.95. The van der Waals surface area contributed by atoms with Crippen molar-refractivity contribution in [2.75, 3.05) is 14.1 Å². The molecule has 4 rings (SSSR count). The highest BCUT2D eigenvalue weighted by molar-refractivity contribution is 9.10. The van der Waals surface area contributed by atoms with Crippen molar-refractivity contribution in [3.8, 4) is 11.3 Å². The summed E-state index contributed by atoms with van der Waals surface area (Å²) in [6, 6.07) is 14.2. The molecule has 1 atom stereocenters. The lowest BCUT2D eigenvalue weighted by molar-refractivity contribution is 0.0973. The Kier molecular flexibility index (Phi) is 3.22. The van der Waals surface area contributed by atoms with E-state index in [1.165, 1.54) is 5.56 Å². The molecule has 1 aliphatic rings. The Balaban J connectivity index is 2.17. The van der Waals surface area contributed by atoms with Gasteiger partial charge in [0.25, 0.3) is 5.91 Å². The van der Waals surface area contributed by atoms with Crippen LogP contribution in [0.25, 0.3) is 22.2 Å². The molecule has 0 radical (unpaired) electrons. The summed E-state index contributed by atoms with van der Waals surface area (Å²) < 4.78 is 2.91. The molecular weight excluding hydrogens is 352 g/mol. The predicted octanol–water partition coefficient (Wildman–Crippen LogP) is 4.70. The van der Waals surface area contributed by atoms with Gasteiger partial charge in [0.1, 0.15) is 0 Å². The molecule has 0 N–H and O–H groups in total. The van der Waals surface area contributed by atoms with Gasteiger partial charge in [0.05, 0.1) is 11.2 Å². The van der Waals surface area contributed by atoms with Crippen LogP contribution < -0.4 is 0 Å². The average Bonchev–Trinajstić information content (AvgIpc) is 3.00. The minimum absolute atomic E-state index is 0.0696. The van der Waals surface area contributed by atoms with Crippen LogP contribution in [-0.4, -0.2) is 29.5 Å². The lowest BCUT2D eigenvalue weighted by atomic mass is 9.97. The molecule has 0 amide bonds. The van der Waals surface area contributed by atoms with Gasteiger partial charge in [-0.05, 0) is 45.3 Å². The zero-order valence-electron chi connectivity index (χ0n) is 13.3. The molecule has 0 spiro atoms. The monoisotopic (exact) mass is 368 g/mol. The van der Waals surface area contributed by atoms with Crippen LogP contribution in [0.2, 0.25) is 0 Å². The van der Waals surface area contributed by atoms with E-state index in [1.54, 1.807) is 0 Å². The van der Waals surface area contributed by atoms with Crippen LogP contribution in [0.5, 0.6) is 0 Å². The highest BCUT2D eigenvalue weighted by Crippen LogP contribution is 2.44. The summed E-state index contributed by atoms with van der Waals surface area (Å²) in [5.41, 5.74) is 5.06. The minimum Gasteiger partial charge on any atom is -0.303 e. The van der Waals surface area contributed by atoms with Crippen molar-refractivity contribution in [1.82, 2.24) is 9.47 Å². The second kappa shape index (κ2) is 5.05. The van der Waals surface area contributed by atoms with Crippen molar-refractivity contribution in [2.24, 2.45) is 0 Å². The summed E-state index contributed by atoms with van der Waals surface area (Å²) in [6.45, 7) is 2.18. The molecule has 116 valence electrons. The normalized spacial score (nSPS) is 14.4. The first-order chi connectivity index (χ1) is 11.0. The van der Waals surface area contributed by atoms with Crippen molar-refractivity contribution < 1.29 is 4.79 Å². The van der Waals surface area contributed by atoms with E-state index >= 15 is 0 Å². The van der Waals surface area contributed by atoms with Gasteiger partial charge in [-0.3, -0.25) is 9.36 Å². The third-order valence-electron chi connectivity index (χ3n) is 4.78. The molecule has 1 unspecified atom stereocenters. The van der Waals surface area contributed by atoms with Crippen LogP contribution in [-0.2, 0) is 0 Å². The van der Waals surface area contributed by atoms with Crippen LogP contribution in [0.4, 0.5) is 0 Å². The minimum atomic E-state index is 0.0696. The Hall–Kier alpha value is -1.91. The lowest BCUT2D eigenvalue weighted by Gasteiger charge is -2.21. The summed E-state index contributed by atoms with van der Waals surface area (Å²) in [5, 5.41) is 1.14. The molecular formula is C19H17BrN2O. The summed E-state index contributed by atoms with van der Waals surface area (Å²) >= 11 is 3.57. The molecule has 23 heavy (non-hydrogen) atoms. The summed E-state index contributed by atoms with van der Waals surface area (Å²) in [5.74, 6) is 0.0696. The van der Waals surface area contributed by atoms with Crippen molar-refractivity contribution in [1.29, 1.82) is 0 Å². The fourth-order valence-electron chi connectivity index (χ4n) is 3.44. The number of halogens is 1. The summed E-state index contributed by atoms with van der Waals surface area (Å²) in [4.78, 5) is 15.1. The standard InChI is InChI=1S/C19H17BrN2O/c1-11(21(2)3)17-15-10-12(20)8-9-16(15)22-18(17)13-6-4-5-7-14(13)19(22)23/h4-11H,1-3H3. The van der Waals surface area contributed by atoms with Gasteiger partial charge in [-0.2, -0.15) is 0 Å². The molecule has 2 aromatic carbocycles. The molecule has 3 aromatic rings. The fraction of sp³-hybridized carbons (Fsp3) is 0.211. The van der Waals surface area contributed by atoms with Crippen molar-refractivity contribution in [3.05, 3.63) is 58.1 Å². The zero-order chi connectivity index (χ0) is 16.3. The van der Waals surface area contributed by atoms with Gasteiger partial charge in [-0.15, -0.1) is 0 Å². The Labute approximate surface area is 143 Å². The van der Waals surface area contributed by atoms with E-state index < -0.39 is 0 Å². The number of aromatic nitrogens is 1. The van der Waals surface area contributed by atoms with E-state index in [4.69, 9.17) is 0 Å². The summed E-state index contributed by atoms with van der Waals surface area (Å²) in [7, 11) is 4.14. The van der Waals surface area contributed by atoms with Crippen LogP contribution in [0.3, 0.4) is 0 Å². The van der Waals surface area contributed by atoms with Crippen LogP contribution in [0.1, 0.15) is 28.9 Å². The van der Waals surface area contributed by atoms with Crippen LogP contribution >= 0.6 is 15.9 Å². The molecule has 3 nitrogen and oxygen atoms in total. The summed E-state index contributed by atoms with van der Waals surface area (Å²) in [6.07, 6.45) is 0. The molecule has 1 aromatic heterocycles. The van der Waals surface area contributed by atoms with E-state index in [0.717, 1.165) is 32.2 Å². The topological polar surface area (TPSA) is 25.2 Å². The highest BCUT2D eigenvalue weighted by Gasteiger charge is 2.33. The van der Waals surface area contributed by atoms with E-state index in [1.807, 2.05) is 41.0 Å². The molecule has 0 bridgehead atoms. The quantitative estimate of drug-likeness (QED) is 0.512. The molecule has 1 aliphatic heterocycles. The Morgan fingerprint density at radius 3 is 2.48 bits per heavy atom. The number of benzene rings is 2. The average molecular weight is 369 g/mol. The van der Waals surface area contributed by atoms with E-state index in [2.05, 4.69) is 47.9 Å². The van der Waals surface area contributed by atoms with Crippen molar-refractivity contribution >= 4 is 32.7 Å². The molecule has 4 heteroatoms. The van der Waals surface area contributed by atoms with Crippen LogP contribution in [0, 0.1) is 0 Å². The predicted molar refractivity (Wildman–Crippen MR) is 96.9 cm³/mol. The molecule has 0 fully saturated rings. The molecule has 0 aliphatic carbocycles. The number of carbonyl (C=O) groups is 1. The van der Waals surface area contributed by atoms with E-state index in [9.17, 15) is 4.79 Å². The zero-order valence-corrected chi connectivity index (χ0v) is 14.9. The molecule has 0 saturated carbocycles. The first-order valence-corrected chi connectivity index (χ1v) is 8.44. The third-order valence-corrected chi connectivity index (χ3v) is 5.27. The number of nitrogens with zero attached hydrogens (tertiary/aromatic N) is 2. The Bertz CT molecular complexity index is 955. The second-order valence-corrected chi connectivity index (χ2v) is 7.17. The first-order valence-electron chi connectivity index (χ1n) is 7.65. The number of hydrogen-bond acceptors (Lipinski definition) is 2. The van der Waals surface area contributed by atoms with Crippen molar-refractivity contribution in [2.45, 2.75) is 13.0 Å². The number of carbonyl (C=O) groups excluding carboxylic acids is 1. The van der Waals surface area contributed by atoms with Gasteiger partial charge in [-0.25, -0.2) is 0 Å². The Morgan fingerprint density at radius 2 is 1.78 bits per heavy atom. The van der Waals surface area contributed by atoms with Gasteiger partial charge < -0.3 is 4.90 Å². The van der Waals surface area contributed by atoms with Gasteiger partial charge >= 0.3 is 0 Å². The maximum Gasteiger partial charge on any atom is 0.263 e. The van der Waals surface area contributed by atoms with Gasteiger partial charge in [0, 0.05) is 32.6 Å². The SMILES string of the molecule is CC(c1c2n(c3ccc(Br)cc13)C(=O)c1ccccc1-2)N(C)C. The fourth-order valence-corrected chi connectivity index (χ4v) is 3.80. The Morgan fingerprint density at radius 1 is 1.09 bits per heavy atom. The van der Waals surface area contributed by atoms with E-state index in [0.29, 0.717) is 0 Å². The second-order valence-electron chi connectivity index (χ2n) is 6.25. The highest BCUT2D eigenvalue weighted by atomic mass is 79.9. The van der Waals surface area contributed by atoms with E-state index in [-0.39, 0.29) is 11.9 Å². The van der Waals surface area contributed by atoms with Crippen molar-refractivity contribution in [3.63, 3.8) is 0 Å². The maximum absolute atomic E-state index is 12.9. The maximum atomic E-state index is 12.9. The number of rotatable bonds is 2. The largest absolute Gasteiger partial charge is 0.303 e. The molecule has 2 heterocycles. The van der Waals surface area contributed by atoms with Crippen LogP contribution in [0.15, 0.2) is 46.9 Å². The van der Waals surface area contributed by atoms with Gasteiger partial charge in [0.2, 0.25) is 0 Å². The smallest absolute Gasteiger partial charge is 0.263 e. The van der Waals surface area contributed by atoms with Gasteiger partial charge in [0.15, 0.2) is 0 Å². The number of fused-ring (bicyclic) bond motifs is 5. The first kappa shape index (κ1) is 14.7. The van der Waals surface area contributed by atoms with Gasteiger partial charge in [-0.1, -0.05) is 34.1 Å². The molecule has 0 saturated heterocycles. The number of hydrogen-bond donors (Lipinski definition) is 0. The lowest BCUT2D eigenvalue weighted by Crippen LogP contribution is -2.17.